The quantitative estimate of drug-likeness (QED) is 0.806. The molecule has 0 fully saturated rings. The molecule has 0 saturated carbocycles. The van der Waals surface area contributed by atoms with Crippen molar-refractivity contribution >= 4 is 11.9 Å². The van der Waals surface area contributed by atoms with Gasteiger partial charge in [0.25, 0.3) is 5.91 Å². The van der Waals surface area contributed by atoms with Gasteiger partial charge in [-0.05, 0) is 31.9 Å². The van der Waals surface area contributed by atoms with Crippen molar-refractivity contribution in [2.24, 2.45) is 0 Å². The molecule has 17 heavy (non-hydrogen) atoms. The molecule has 0 radical (unpaired) electrons. The maximum absolute atomic E-state index is 11.9. The van der Waals surface area contributed by atoms with E-state index in [1.807, 2.05) is 32.0 Å². The van der Waals surface area contributed by atoms with Gasteiger partial charge in [-0.2, -0.15) is 0 Å². The number of benzene rings is 1. The van der Waals surface area contributed by atoms with Crippen LogP contribution in [0.15, 0.2) is 18.2 Å². The smallest absolute Gasteiger partial charge is 0.325 e. The van der Waals surface area contributed by atoms with Gasteiger partial charge in [0.15, 0.2) is 0 Å². The standard InChI is InChI=1S/C13H17NO3/c1-4-17-11(15)8-14-13(16)12-9(2)6-5-7-10(12)3/h5-7H,4,8H2,1-3H3,(H,14,16). The summed E-state index contributed by atoms with van der Waals surface area (Å²) in [6.45, 7) is 5.68. The fourth-order valence-corrected chi connectivity index (χ4v) is 1.63. The molecule has 0 bridgehead atoms. The van der Waals surface area contributed by atoms with E-state index in [0.717, 1.165) is 11.1 Å². The summed E-state index contributed by atoms with van der Waals surface area (Å²) in [7, 11) is 0. The molecule has 1 aromatic rings. The Morgan fingerprint density at radius 1 is 1.24 bits per heavy atom. The second-order valence-electron chi connectivity index (χ2n) is 3.75. The lowest BCUT2D eigenvalue weighted by atomic mass is 10.0. The van der Waals surface area contributed by atoms with E-state index in [-0.39, 0.29) is 12.5 Å². The number of amides is 1. The number of esters is 1. The Kier molecular flexibility index (Phi) is 4.69. The molecule has 0 aliphatic carbocycles. The van der Waals surface area contributed by atoms with Gasteiger partial charge in [0.1, 0.15) is 6.54 Å². The van der Waals surface area contributed by atoms with Crippen LogP contribution in [0.5, 0.6) is 0 Å². The summed E-state index contributed by atoms with van der Waals surface area (Å²) in [6, 6.07) is 5.63. The molecule has 0 atom stereocenters. The fourth-order valence-electron chi connectivity index (χ4n) is 1.63. The Bertz CT molecular complexity index is 406. The first-order valence-electron chi connectivity index (χ1n) is 5.56. The largest absolute Gasteiger partial charge is 0.465 e. The van der Waals surface area contributed by atoms with E-state index in [0.29, 0.717) is 12.2 Å². The van der Waals surface area contributed by atoms with Crippen molar-refractivity contribution < 1.29 is 14.3 Å². The summed E-state index contributed by atoms with van der Waals surface area (Å²) in [5, 5.41) is 2.55. The molecule has 1 amide bonds. The van der Waals surface area contributed by atoms with Crippen molar-refractivity contribution in [3.8, 4) is 0 Å². The third kappa shape index (κ3) is 3.59. The summed E-state index contributed by atoms with van der Waals surface area (Å²) in [5.74, 6) is -0.666. The van der Waals surface area contributed by atoms with Crippen LogP contribution in [0.4, 0.5) is 0 Å². The van der Waals surface area contributed by atoms with Crippen LogP contribution in [-0.2, 0) is 9.53 Å². The van der Waals surface area contributed by atoms with Crippen molar-refractivity contribution in [2.45, 2.75) is 20.8 Å². The van der Waals surface area contributed by atoms with Gasteiger partial charge in [-0.1, -0.05) is 18.2 Å². The molecule has 0 unspecified atom stereocenters. The molecule has 4 nitrogen and oxygen atoms in total. The minimum atomic E-state index is -0.424. The molecule has 0 spiro atoms. The monoisotopic (exact) mass is 235 g/mol. The van der Waals surface area contributed by atoms with E-state index in [9.17, 15) is 9.59 Å². The number of rotatable bonds is 4. The molecule has 0 aliphatic heterocycles. The third-order valence-electron chi connectivity index (χ3n) is 2.41. The molecular formula is C13H17NO3. The van der Waals surface area contributed by atoms with Crippen LogP contribution in [0.25, 0.3) is 0 Å². The zero-order valence-electron chi connectivity index (χ0n) is 10.4. The SMILES string of the molecule is CCOC(=O)CNC(=O)c1c(C)cccc1C. The molecule has 0 aliphatic rings. The normalized spacial score (nSPS) is 9.82. The highest BCUT2D eigenvalue weighted by atomic mass is 16.5. The highest BCUT2D eigenvalue weighted by Gasteiger charge is 2.12. The Hall–Kier alpha value is -1.84. The molecule has 92 valence electrons. The summed E-state index contributed by atoms with van der Waals surface area (Å²) < 4.78 is 4.73. The van der Waals surface area contributed by atoms with Gasteiger partial charge in [-0.25, -0.2) is 0 Å². The highest BCUT2D eigenvalue weighted by molar-refractivity contribution is 5.98. The molecule has 1 rings (SSSR count). The fraction of sp³-hybridized carbons (Fsp3) is 0.385. The first kappa shape index (κ1) is 13.2. The Labute approximate surface area is 101 Å². The average molecular weight is 235 g/mol. The Morgan fingerprint density at radius 3 is 2.35 bits per heavy atom. The second kappa shape index (κ2) is 6.03. The summed E-state index contributed by atoms with van der Waals surface area (Å²) in [6.07, 6.45) is 0. The lowest BCUT2D eigenvalue weighted by Gasteiger charge is -2.09. The topological polar surface area (TPSA) is 55.4 Å². The number of aryl methyl sites for hydroxylation is 2. The minimum absolute atomic E-state index is 0.0968. The summed E-state index contributed by atoms with van der Waals surface area (Å²) in [5.41, 5.74) is 2.41. The maximum Gasteiger partial charge on any atom is 0.325 e. The van der Waals surface area contributed by atoms with Gasteiger partial charge in [0.2, 0.25) is 0 Å². The van der Waals surface area contributed by atoms with E-state index in [1.165, 1.54) is 0 Å². The van der Waals surface area contributed by atoms with Crippen molar-refractivity contribution in [1.82, 2.24) is 5.32 Å². The Morgan fingerprint density at radius 2 is 1.82 bits per heavy atom. The molecule has 0 aromatic heterocycles. The van der Waals surface area contributed by atoms with Gasteiger partial charge in [-0.15, -0.1) is 0 Å². The van der Waals surface area contributed by atoms with Gasteiger partial charge in [-0.3, -0.25) is 9.59 Å². The van der Waals surface area contributed by atoms with Crippen molar-refractivity contribution in [1.29, 1.82) is 0 Å². The predicted molar refractivity (Wildman–Crippen MR) is 64.9 cm³/mol. The molecule has 1 aromatic carbocycles. The zero-order valence-corrected chi connectivity index (χ0v) is 10.4. The first-order chi connectivity index (χ1) is 8.06. The van der Waals surface area contributed by atoms with Gasteiger partial charge in [0.05, 0.1) is 6.61 Å². The van der Waals surface area contributed by atoms with E-state index in [1.54, 1.807) is 6.92 Å². The van der Waals surface area contributed by atoms with Crippen molar-refractivity contribution in [3.63, 3.8) is 0 Å². The predicted octanol–water partition coefficient (Wildman–Crippen LogP) is 1.60. The number of hydrogen-bond acceptors (Lipinski definition) is 3. The summed E-state index contributed by atoms with van der Waals surface area (Å²) >= 11 is 0. The van der Waals surface area contributed by atoms with Crippen LogP contribution in [-0.4, -0.2) is 25.0 Å². The van der Waals surface area contributed by atoms with Crippen LogP contribution < -0.4 is 5.32 Å². The number of ether oxygens (including phenoxy) is 1. The third-order valence-corrected chi connectivity index (χ3v) is 2.41. The molecule has 1 N–H and O–H groups in total. The van der Waals surface area contributed by atoms with Gasteiger partial charge < -0.3 is 10.1 Å². The number of hydrogen-bond donors (Lipinski definition) is 1. The number of carbonyl (C=O) groups is 2. The zero-order chi connectivity index (χ0) is 12.8. The van der Waals surface area contributed by atoms with Crippen LogP contribution in [0.1, 0.15) is 28.4 Å². The highest BCUT2D eigenvalue weighted by Crippen LogP contribution is 2.12. The number of carbonyl (C=O) groups excluding carboxylic acids is 2. The average Bonchev–Trinajstić information content (AvgIpc) is 2.26. The molecule has 4 heteroatoms. The van der Waals surface area contributed by atoms with Gasteiger partial charge in [0, 0.05) is 5.56 Å². The van der Waals surface area contributed by atoms with Crippen LogP contribution in [0, 0.1) is 13.8 Å². The van der Waals surface area contributed by atoms with Crippen LogP contribution in [0.2, 0.25) is 0 Å². The van der Waals surface area contributed by atoms with Crippen LogP contribution in [0.3, 0.4) is 0 Å². The van der Waals surface area contributed by atoms with E-state index >= 15 is 0 Å². The number of nitrogens with one attached hydrogen (secondary N) is 1. The van der Waals surface area contributed by atoms with Crippen molar-refractivity contribution in [3.05, 3.63) is 34.9 Å². The van der Waals surface area contributed by atoms with E-state index in [2.05, 4.69) is 5.32 Å². The van der Waals surface area contributed by atoms with Crippen molar-refractivity contribution in [2.75, 3.05) is 13.2 Å². The first-order valence-corrected chi connectivity index (χ1v) is 5.56. The van der Waals surface area contributed by atoms with Gasteiger partial charge >= 0.3 is 5.97 Å². The minimum Gasteiger partial charge on any atom is -0.465 e. The lowest BCUT2D eigenvalue weighted by molar-refractivity contribution is -0.141. The maximum atomic E-state index is 11.9. The second-order valence-corrected chi connectivity index (χ2v) is 3.75. The Balaban J connectivity index is 2.68. The molecule has 0 heterocycles. The lowest BCUT2D eigenvalue weighted by Crippen LogP contribution is -2.31. The van der Waals surface area contributed by atoms with E-state index < -0.39 is 5.97 Å². The van der Waals surface area contributed by atoms with Crippen LogP contribution >= 0.6 is 0 Å². The van der Waals surface area contributed by atoms with E-state index in [4.69, 9.17) is 4.74 Å². The molecule has 0 saturated heterocycles. The summed E-state index contributed by atoms with van der Waals surface area (Å²) in [4.78, 5) is 23.0. The molecular weight excluding hydrogens is 218 g/mol.